The van der Waals surface area contributed by atoms with E-state index < -0.39 is 27.0 Å². The van der Waals surface area contributed by atoms with Gasteiger partial charge in [0.2, 0.25) is 0 Å². The van der Waals surface area contributed by atoms with Crippen molar-refractivity contribution in [2.45, 2.75) is 29.9 Å². The van der Waals surface area contributed by atoms with Crippen LogP contribution in [0.15, 0.2) is 29.2 Å². The first-order valence-corrected chi connectivity index (χ1v) is 7.63. The lowest BCUT2D eigenvalue weighted by Gasteiger charge is -2.11. The van der Waals surface area contributed by atoms with Crippen LogP contribution in [0.4, 0.5) is 0 Å². The van der Waals surface area contributed by atoms with Crippen molar-refractivity contribution in [2.75, 3.05) is 13.4 Å². The van der Waals surface area contributed by atoms with Crippen molar-refractivity contribution in [3.8, 4) is 0 Å². The molecule has 0 aromatic heterocycles. The van der Waals surface area contributed by atoms with Gasteiger partial charge in [-0.25, -0.2) is 13.2 Å². The summed E-state index contributed by atoms with van der Waals surface area (Å²) in [7, 11) is -1.92. The summed E-state index contributed by atoms with van der Waals surface area (Å²) in [5.41, 5.74) is -1.06. The Balaban J connectivity index is 2.33. The first-order valence-electron chi connectivity index (χ1n) is 5.74. The number of epoxide rings is 1. The summed E-state index contributed by atoms with van der Waals surface area (Å²) in [5, 5.41) is 0. The molecule has 0 radical (unpaired) electrons. The van der Waals surface area contributed by atoms with Crippen LogP contribution in [0.5, 0.6) is 0 Å². The Morgan fingerprint density at radius 3 is 2.16 bits per heavy atom. The Kier molecular flexibility index (Phi) is 2.98. The third kappa shape index (κ3) is 2.04. The second kappa shape index (κ2) is 4.05. The molecule has 0 spiro atoms. The van der Waals surface area contributed by atoms with Crippen LogP contribution in [-0.4, -0.2) is 33.4 Å². The third-order valence-electron chi connectivity index (χ3n) is 3.69. The van der Waals surface area contributed by atoms with Crippen molar-refractivity contribution < 1.29 is 22.7 Å². The maximum atomic E-state index is 11.7. The van der Waals surface area contributed by atoms with Crippen LogP contribution in [0.1, 0.15) is 19.4 Å². The van der Waals surface area contributed by atoms with Gasteiger partial charge in [0.15, 0.2) is 15.4 Å². The van der Waals surface area contributed by atoms with Gasteiger partial charge in [0, 0.05) is 6.26 Å². The molecule has 1 fully saturated rings. The molecule has 1 saturated heterocycles. The maximum Gasteiger partial charge on any atom is 0.341 e. The molecule has 1 aromatic rings. The van der Waals surface area contributed by atoms with Gasteiger partial charge in [0.05, 0.1) is 12.0 Å². The number of hydrogen-bond donors (Lipinski definition) is 0. The molecular weight excluding hydrogens is 268 g/mol. The maximum absolute atomic E-state index is 11.7. The van der Waals surface area contributed by atoms with Crippen molar-refractivity contribution in [1.29, 1.82) is 0 Å². The van der Waals surface area contributed by atoms with Crippen LogP contribution in [0, 0.1) is 0 Å². The quantitative estimate of drug-likeness (QED) is 0.617. The Morgan fingerprint density at radius 1 is 1.21 bits per heavy atom. The van der Waals surface area contributed by atoms with Crippen molar-refractivity contribution in [3.63, 3.8) is 0 Å². The second-order valence-electron chi connectivity index (χ2n) is 4.96. The van der Waals surface area contributed by atoms with Crippen LogP contribution >= 0.6 is 0 Å². The van der Waals surface area contributed by atoms with E-state index in [0.29, 0.717) is 0 Å². The number of esters is 1. The first-order chi connectivity index (χ1) is 8.65. The van der Waals surface area contributed by atoms with Gasteiger partial charge in [-0.2, -0.15) is 0 Å². The Labute approximate surface area is 112 Å². The van der Waals surface area contributed by atoms with Crippen LogP contribution in [0.3, 0.4) is 0 Å². The molecule has 2 unspecified atom stereocenters. The first kappa shape index (κ1) is 14.0. The van der Waals surface area contributed by atoms with E-state index in [2.05, 4.69) is 0 Å². The standard InChI is InChI=1S/C13H16O5S/c1-12(13(2,18-12)11(14)17-3)9-5-7-10(8-6-9)19(4,15)16/h5-8H,1-4H3. The van der Waals surface area contributed by atoms with Crippen LogP contribution in [0.25, 0.3) is 0 Å². The number of carbonyl (C=O) groups is 1. The molecule has 1 heterocycles. The highest BCUT2D eigenvalue weighted by atomic mass is 32.2. The molecule has 0 bridgehead atoms. The van der Waals surface area contributed by atoms with E-state index in [4.69, 9.17) is 9.47 Å². The van der Waals surface area contributed by atoms with Crippen molar-refractivity contribution in [1.82, 2.24) is 0 Å². The molecule has 0 N–H and O–H groups in total. The molecule has 1 aliphatic rings. The predicted molar refractivity (Wildman–Crippen MR) is 68.4 cm³/mol. The molecule has 2 rings (SSSR count). The van der Waals surface area contributed by atoms with Crippen LogP contribution in [0.2, 0.25) is 0 Å². The van der Waals surface area contributed by atoms with Gasteiger partial charge in [-0.1, -0.05) is 12.1 Å². The van der Waals surface area contributed by atoms with Crippen molar-refractivity contribution in [3.05, 3.63) is 29.8 Å². The Morgan fingerprint density at radius 2 is 1.74 bits per heavy atom. The number of ether oxygens (including phenoxy) is 2. The van der Waals surface area contributed by atoms with E-state index in [9.17, 15) is 13.2 Å². The van der Waals surface area contributed by atoms with Gasteiger partial charge in [0.25, 0.3) is 0 Å². The van der Waals surface area contributed by atoms with E-state index in [0.717, 1.165) is 11.8 Å². The van der Waals surface area contributed by atoms with E-state index in [1.54, 1.807) is 26.0 Å². The number of rotatable bonds is 3. The zero-order chi connectivity index (χ0) is 14.5. The largest absolute Gasteiger partial charge is 0.467 e. The van der Waals surface area contributed by atoms with E-state index in [-0.39, 0.29) is 4.90 Å². The zero-order valence-electron chi connectivity index (χ0n) is 11.3. The number of hydrogen-bond acceptors (Lipinski definition) is 5. The third-order valence-corrected chi connectivity index (χ3v) is 4.81. The normalized spacial score (nSPS) is 29.9. The number of benzene rings is 1. The number of sulfone groups is 1. The molecule has 104 valence electrons. The van der Waals surface area contributed by atoms with Crippen molar-refractivity contribution in [2.24, 2.45) is 0 Å². The average Bonchev–Trinajstić information content (AvgIpc) is 2.93. The molecule has 5 nitrogen and oxygen atoms in total. The monoisotopic (exact) mass is 284 g/mol. The summed E-state index contributed by atoms with van der Waals surface area (Å²) in [6, 6.07) is 6.33. The minimum absolute atomic E-state index is 0.236. The summed E-state index contributed by atoms with van der Waals surface area (Å²) in [4.78, 5) is 11.9. The lowest BCUT2D eigenvalue weighted by atomic mass is 9.89. The van der Waals surface area contributed by atoms with Gasteiger partial charge >= 0.3 is 5.97 Å². The average molecular weight is 284 g/mol. The van der Waals surface area contributed by atoms with E-state index in [1.165, 1.54) is 19.2 Å². The molecule has 0 saturated carbocycles. The molecule has 1 aromatic carbocycles. The fraction of sp³-hybridized carbons (Fsp3) is 0.462. The van der Waals surface area contributed by atoms with Gasteiger partial charge in [-0.3, -0.25) is 0 Å². The Bertz CT molecular complexity index is 619. The smallest absolute Gasteiger partial charge is 0.341 e. The highest BCUT2D eigenvalue weighted by Crippen LogP contribution is 2.55. The SMILES string of the molecule is COC(=O)C1(C)OC1(C)c1ccc(S(C)(=O)=O)cc1. The molecule has 2 atom stereocenters. The van der Waals surface area contributed by atoms with Gasteiger partial charge < -0.3 is 9.47 Å². The number of methoxy groups -OCH3 is 1. The van der Waals surface area contributed by atoms with E-state index in [1.807, 2.05) is 0 Å². The molecule has 19 heavy (non-hydrogen) atoms. The summed E-state index contributed by atoms with van der Waals surface area (Å²) in [6.45, 7) is 3.43. The summed E-state index contributed by atoms with van der Waals surface area (Å²) < 4.78 is 33.0. The summed E-state index contributed by atoms with van der Waals surface area (Å²) >= 11 is 0. The zero-order valence-corrected chi connectivity index (χ0v) is 12.1. The summed E-state index contributed by atoms with van der Waals surface area (Å²) in [6.07, 6.45) is 1.15. The fourth-order valence-electron chi connectivity index (χ4n) is 2.17. The lowest BCUT2D eigenvalue weighted by Crippen LogP contribution is -2.29. The van der Waals surface area contributed by atoms with Gasteiger partial charge in [0.1, 0.15) is 5.60 Å². The number of carbonyl (C=O) groups excluding carboxylic acids is 1. The van der Waals surface area contributed by atoms with Crippen molar-refractivity contribution >= 4 is 15.8 Å². The highest BCUT2D eigenvalue weighted by molar-refractivity contribution is 7.90. The molecule has 0 aliphatic carbocycles. The minimum Gasteiger partial charge on any atom is -0.467 e. The topological polar surface area (TPSA) is 73.0 Å². The van der Waals surface area contributed by atoms with Gasteiger partial charge in [-0.15, -0.1) is 0 Å². The Hall–Kier alpha value is -1.40. The molecular formula is C13H16O5S. The molecule has 0 amide bonds. The highest BCUT2D eigenvalue weighted by Gasteiger charge is 2.70. The summed E-state index contributed by atoms with van der Waals surface area (Å²) in [5.74, 6) is -0.442. The predicted octanol–water partition coefficient (Wildman–Crippen LogP) is 1.27. The molecule has 1 aliphatic heterocycles. The minimum atomic E-state index is -3.23. The lowest BCUT2D eigenvalue weighted by molar-refractivity contribution is -0.146. The van der Waals surface area contributed by atoms with Crippen LogP contribution < -0.4 is 0 Å². The molecule has 6 heteroatoms. The fourth-order valence-corrected chi connectivity index (χ4v) is 2.80. The van der Waals surface area contributed by atoms with Gasteiger partial charge in [-0.05, 0) is 31.5 Å². The second-order valence-corrected chi connectivity index (χ2v) is 6.97. The van der Waals surface area contributed by atoms with Crippen LogP contribution in [-0.2, 0) is 29.7 Å². The van der Waals surface area contributed by atoms with E-state index >= 15 is 0 Å².